The minimum atomic E-state index is -0.496. The first kappa shape index (κ1) is 12.2. The molecular weight excluding hydrogens is 208 g/mol. The minimum absolute atomic E-state index is 0.259. The van der Waals surface area contributed by atoms with E-state index in [0.717, 1.165) is 0 Å². The summed E-state index contributed by atoms with van der Waals surface area (Å²) in [7, 11) is 0. The molecule has 0 saturated carbocycles. The molecule has 0 fully saturated rings. The largest absolute Gasteiger partial charge is 0.369 e. The van der Waals surface area contributed by atoms with Gasteiger partial charge in [-0.05, 0) is 43.2 Å². The topological polar surface area (TPSA) is 55.1 Å². The molecule has 1 amide bonds. The van der Waals surface area contributed by atoms with Crippen molar-refractivity contribution in [2.24, 2.45) is 11.1 Å². The Labute approximate surface area is 94.7 Å². The second-order valence-corrected chi connectivity index (χ2v) is 5.19. The van der Waals surface area contributed by atoms with Gasteiger partial charge in [0.1, 0.15) is 0 Å². The number of primary amides is 1. The van der Waals surface area contributed by atoms with Gasteiger partial charge in [0.25, 0.3) is 0 Å². The number of rotatable bonds is 5. The zero-order valence-electron chi connectivity index (χ0n) is 9.41. The Hall–Kier alpha value is -0.870. The monoisotopic (exact) mass is 226 g/mol. The van der Waals surface area contributed by atoms with Gasteiger partial charge >= 0.3 is 0 Å². The van der Waals surface area contributed by atoms with Crippen molar-refractivity contribution in [1.82, 2.24) is 5.32 Å². The molecule has 0 aliphatic carbocycles. The fourth-order valence-corrected chi connectivity index (χ4v) is 1.89. The van der Waals surface area contributed by atoms with Crippen LogP contribution in [0.4, 0.5) is 0 Å². The van der Waals surface area contributed by atoms with E-state index in [9.17, 15) is 4.79 Å². The van der Waals surface area contributed by atoms with E-state index >= 15 is 0 Å². The van der Waals surface area contributed by atoms with Crippen LogP contribution in [0, 0.1) is 5.41 Å². The SMILES string of the molecule is CC(NCC(C)(C)C(N)=O)c1ccsc1. The smallest absolute Gasteiger partial charge is 0.224 e. The lowest BCUT2D eigenvalue weighted by atomic mass is 9.92. The standard InChI is InChI=1S/C11H18N2OS/c1-8(9-4-5-15-6-9)13-7-11(2,3)10(12)14/h4-6,8,13H,7H2,1-3H3,(H2,12,14). The first-order valence-corrected chi connectivity index (χ1v) is 5.93. The molecule has 0 saturated heterocycles. The lowest BCUT2D eigenvalue weighted by molar-refractivity contribution is -0.125. The lowest BCUT2D eigenvalue weighted by Crippen LogP contribution is -2.41. The lowest BCUT2D eigenvalue weighted by Gasteiger charge is -2.23. The maximum atomic E-state index is 11.1. The minimum Gasteiger partial charge on any atom is -0.369 e. The summed E-state index contributed by atoms with van der Waals surface area (Å²) in [4.78, 5) is 11.1. The number of carbonyl (C=O) groups is 1. The quantitative estimate of drug-likeness (QED) is 0.806. The molecule has 0 spiro atoms. The predicted octanol–water partition coefficient (Wildman–Crippen LogP) is 1.91. The molecule has 1 aromatic rings. The Bertz CT molecular complexity index is 319. The molecule has 1 aromatic heterocycles. The molecule has 4 heteroatoms. The Morgan fingerprint density at radius 2 is 2.33 bits per heavy atom. The maximum Gasteiger partial charge on any atom is 0.224 e. The fourth-order valence-electron chi connectivity index (χ4n) is 1.13. The van der Waals surface area contributed by atoms with Gasteiger partial charge in [0.2, 0.25) is 5.91 Å². The molecule has 0 aliphatic heterocycles. The van der Waals surface area contributed by atoms with Crippen LogP contribution in [0.5, 0.6) is 0 Å². The summed E-state index contributed by atoms with van der Waals surface area (Å²) in [5.41, 5.74) is 6.05. The Morgan fingerprint density at radius 3 is 2.80 bits per heavy atom. The fraction of sp³-hybridized carbons (Fsp3) is 0.545. The molecule has 1 unspecified atom stereocenters. The van der Waals surface area contributed by atoms with Gasteiger partial charge in [-0.15, -0.1) is 0 Å². The molecular formula is C11H18N2OS. The van der Waals surface area contributed by atoms with E-state index in [1.54, 1.807) is 11.3 Å². The Morgan fingerprint density at radius 1 is 1.67 bits per heavy atom. The normalized spacial score (nSPS) is 13.8. The number of nitrogens with two attached hydrogens (primary N) is 1. The summed E-state index contributed by atoms with van der Waals surface area (Å²) in [6, 6.07) is 2.34. The molecule has 1 atom stereocenters. The number of amides is 1. The van der Waals surface area contributed by atoms with E-state index in [4.69, 9.17) is 5.73 Å². The molecule has 15 heavy (non-hydrogen) atoms. The van der Waals surface area contributed by atoms with Gasteiger partial charge < -0.3 is 11.1 Å². The van der Waals surface area contributed by atoms with Crippen molar-refractivity contribution in [3.8, 4) is 0 Å². The van der Waals surface area contributed by atoms with Crippen molar-refractivity contribution in [3.05, 3.63) is 22.4 Å². The first-order chi connectivity index (χ1) is 6.93. The highest BCUT2D eigenvalue weighted by Crippen LogP contribution is 2.18. The van der Waals surface area contributed by atoms with Crippen LogP contribution >= 0.6 is 11.3 Å². The number of hydrogen-bond donors (Lipinski definition) is 2. The zero-order chi connectivity index (χ0) is 11.5. The average Bonchev–Trinajstić information content (AvgIpc) is 2.66. The van der Waals surface area contributed by atoms with Crippen LogP contribution in [0.3, 0.4) is 0 Å². The Balaban J connectivity index is 2.47. The van der Waals surface area contributed by atoms with Crippen LogP contribution < -0.4 is 11.1 Å². The van der Waals surface area contributed by atoms with E-state index in [1.165, 1.54) is 5.56 Å². The van der Waals surface area contributed by atoms with Crippen molar-refractivity contribution in [3.63, 3.8) is 0 Å². The summed E-state index contributed by atoms with van der Waals surface area (Å²) in [5, 5.41) is 7.47. The predicted molar refractivity (Wildman–Crippen MR) is 63.7 cm³/mol. The van der Waals surface area contributed by atoms with Crippen molar-refractivity contribution < 1.29 is 4.79 Å². The van der Waals surface area contributed by atoms with E-state index < -0.39 is 5.41 Å². The number of thiophene rings is 1. The molecule has 0 aromatic carbocycles. The van der Waals surface area contributed by atoms with Crippen LogP contribution in [0.15, 0.2) is 16.8 Å². The van der Waals surface area contributed by atoms with Crippen LogP contribution in [0.25, 0.3) is 0 Å². The summed E-state index contributed by atoms with van der Waals surface area (Å²) in [6.07, 6.45) is 0. The summed E-state index contributed by atoms with van der Waals surface area (Å²) < 4.78 is 0. The molecule has 3 nitrogen and oxygen atoms in total. The average molecular weight is 226 g/mol. The van der Waals surface area contributed by atoms with Crippen LogP contribution in [0.1, 0.15) is 32.4 Å². The van der Waals surface area contributed by atoms with Crippen LogP contribution in [-0.4, -0.2) is 12.5 Å². The van der Waals surface area contributed by atoms with Crippen LogP contribution in [-0.2, 0) is 4.79 Å². The van der Waals surface area contributed by atoms with Gasteiger partial charge in [0.15, 0.2) is 0 Å². The van der Waals surface area contributed by atoms with Crippen molar-refractivity contribution in [1.29, 1.82) is 0 Å². The molecule has 3 N–H and O–H groups in total. The molecule has 0 aliphatic rings. The Kier molecular flexibility index (Phi) is 3.88. The van der Waals surface area contributed by atoms with Gasteiger partial charge in [0.05, 0.1) is 5.41 Å². The highest BCUT2D eigenvalue weighted by molar-refractivity contribution is 7.07. The van der Waals surface area contributed by atoms with Gasteiger partial charge in [-0.2, -0.15) is 11.3 Å². The van der Waals surface area contributed by atoms with E-state index in [0.29, 0.717) is 6.54 Å². The third kappa shape index (κ3) is 3.32. The molecule has 1 rings (SSSR count). The third-order valence-corrected chi connectivity index (χ3v) is 3.26. The van der Waals surface area contributed by atoms with Gasteiger partial charge in [-0.3, -0.25) is 4.79 Å². The van der Waals surface area contributed by atoms with Crippen molar-refractivity contribution in [2.45, 2.75) is 26.8 Å². The van der Waals surface area contributed by atoms with Crippen molar-refractivity contribution in [2.75, 3.05) is 6.54 Å². The van der Waals surface area contributed by atoms with Crippen molar-refractivity contribution >= 4 is 17.2 Å². The molecule has 0 bridgehead atoms. The highest BCUT2D eigenvalue weighted by atomic mass is 32.1. The number of hydrogen-bond acceptors (Lipinski definition) is 3. The van der Waals surface area contributed by atoms with Gasteiger partial charge in [0, 0.05) is 12.6 Å². The van der Waals surface area contributed by atoms with Gasteiger partial charge in [-0.25, -0.2) is 0 Å². The van der Waals surface area contributed by atoms with E-state index in [1.807, 2.05) is 19.2 Å². The number of nitrogens with one attached hydrogen (secondary N) is 1. The second-order valence-electron chi connectivity index (χ2n) is 4.41. The molecule has 0 radical (unpaired) electrons. The summed E-state index contributed by atoms with van der Waals surface area (Å²) in [5.74, 6) is -0.271. The van der Waals surface area contributed by atoms with E-state index in [2.05, 4.69) is 23.7 Å². The number of carbonyl (C=O) groups excluding carboxylic acids is 1. The summed E-state index contributed by atoms with van der Waals surface area (Å²) in [6.45, 7) is 6.38. The van der Waals surface area contributed by atoms with Crippen LogP contribution in [0.2, 0.25) is 0 Å². The molecule has 84 valence electrons. The maximum absolute atomic E-state index is 11.1. The zero-order valence-corrected chi connectivity index (χ0v) is 10.2. The third-order valence-electron chi connectivity index (χ3n) is 2.56. The summed E-state index contributed by atoms with van der Waals surface area (Å²) >= 11 is 1.68. The first-order valence-electron chi connectivity index (χ1n) is 4.99. The highest BCUT2D eigenvalue weighted by Gasteiger charge is 2.25. The van der Waals surface area contributed by atoms with E-state index in [-0.39, 0.29) is 11.9 Å². The van der Waals surface area contributed by atoms with Gasteiger partial charge in [-0.1, -0.05) is 0 Å². The second kappa shape index (κ2) is 4.77. The molecule has 1 heterocycles.